The summed E-state index contributed by atoms with van der Waals surface area (Å²) in [7, 11) is 3.58. The quantitative estimate of drug-likeness (QED) is 0.846. The zero-order valence-electron chi connectivity index (χ0n) is 12.0. The fraction of sp³-hybridized carbons (Fsp3) is 0.533. The first-order valence-corrected chi connectivity index (χ1v) is 7.27. The summed E-state index contributed by atoms with van der Waals surface area (Å²) < 4.78 is 5.10. The molecule has 0 radical (unpaired) electrons. The van der Waals surface area contributed by atoms with Crippen LogP contribution in [0.4, 0.5) is 0 Å². The molecule has 4 nitrogen and oxygen atoms in total. The Labute approximate surface area is 125 Å². The number of hydrogen-bond acceptors (Lipinski definition) is 4. The molecule has 0 spiro atoms. The monoisotopic (exact) mass is 296 g/mol. The third kappa shape index (κ3) is 3.72. The summed E-state index contributed by atoms with van der Waals surface area (Å²) in [6.07, 6.45) is 2.18. The SMILES string of the molecule is COc1ccc(C(=O)CN(C)C2CCNCC2)cc1Cl. The Hall–Kier alpha value is -1.10. The summed E-state index contributed by atoms with van der Waals surface area (Å²) in [5.74, 6) is 0.686. The summed E-state index contributed by atoms with van der Waals surface area (Å²) in [5.41, 5.74) is 0.636. The van der Waals surface area contributed by atoms with Crippen LogP contribution in [0.5, 0.6) is 5.75 Å². The van der Waals surface area contributed by atoms with Gasteiger partial charge in [0.25, 0.3) is 0 Å². The first-order valence-electron chi connectivity index (χ1n) is 6.89. The third-order valence-corrected chi connectivity index (χ3v) is 4.09. The number of ether oxygens (including phenoxy) is 1. The van der Waals surface area contributed by atoms with Crippen molar-refractivity contribution in [1.82, 2.24) is 10.2 Å². The van der Waals surface area contributed by atoms with Crippen molar-refractivity contribution < 1.29 is 9.53 Å². The minimum absolute atomic E-state index is 0.0931. The number of carbonyl (C=O) groups excluding carboxylic acids is 1. The molecular formula is C15H21ClN2O2. The number of piperidine rings is 1. The van der Waals surface area contributed by atoms with Crippen molar-refractivity contribution in [2.24, 2.45) is 0 Å². The Bertz CT molecular complexity index is 473. The molecule has 2 rings (SSSR count). The lowest BCUT2D eigenvalue weighted by Crippen LogP contribution is -2.43. The van der Waals surface area contributed by atoms with Crippen molar-refractivity contribution in [2.75, 3.05) is 33.8 Å². The zero-order chi connectivity index (χ0) is 14.5. The second-order valence-electron chi connectivity index (χ2n) is 5.17. The molecule has 0 aromatic heterocycles. The van der Waals surface area contributed by atoms with Crippen molar-refractivity contribution in [3.8, 4) is 5.75 Å². The maximum absolute atomic E-state index is 12.3. The van der Waals surface area contributed by atoms with Crippen LogP contribution in [0.2, 0.25) is 5.02 Å². The van der Waals surface area contributed by atoms with Gasteiger partial charge in [-0.2, -0.15) is 0 Å². The van der Waals surface area contributed by atoms with Crippen LogP contribution in [0.15, 0.2) is 18.2 Å². The van der Waals surface area contributed by atoms with Crippen LogP contribution >= 0.6 is 11.6 Å². The number of likely N-dealkylation sites (N-methyl/N-ethyl adjacent to an activating group) is 1. The van der Waals surface area contributed by atoms with Gasteiger partial charge in [0, 0.05) is 11.6 Å². The molecule has 1 aliphatic heterocycles. The van der Waals surface area contributed by atoms with Crippen LogP contribution in [0.3, 0.4) is 0 Å². The van der Waals surface area contributed by atoms with Gasteiger partial charge in [-0.3, -0.25) is 9.69 Å². The van der Waals surface area contributed by atoms with E-state index in [2.05, 4.69) is 10.2 Å². The molecule has 110 valence electrons. The fourth-order valence-corrected chi connectivity index (χ4v) is 2.79. The van der Waals surface area contributed by atoms with Crippen molar-refractivity contribution in [2.45, 2.75) is 18.9 Å². The number of benzene rings is 1. The molecule has 20 heavy (non-hydrogen) atoms. The number of nitrogens with one attached hydrogen (secondary N) is 1. The second-order valence-corrected chi connectivity index (χ2v) is 5.58. The van der Waals surface area contributed by atoms with Gasteiger partial charge in [0.15, 0.2) is 5.78 Å². The lowest BCUT2D eigenvalue weighted by Gasteiger charge is -2.31. The largest absolute Gasteiger partial charge is 0.495 e. The fourth-order valence-electron chi connectivity index (χ4n) is 2.53. The molecule has 1 fully saturated rings. The van der Waals surface area contributed by atoms with Crippen LogP contribution in [0, 0.1) is 0 Å². The van der Waals surface area contributed by atoms with E-state index in [-0.39, 0.29) is 5.78 Å². The van der Waals surface area contributed by atoms with Crippen molar-refractivity contribution >= 4 is 17.4 Å². The summed E-state index contributed by atoms with van der Waals surface area (Å²) in [6, 6.07) is 5.66. The molecule has 1 saturated heterocycles. The Morgan fingerprint density at radius 2 is 2.15 bits per heavy atom. The highest BCUT2D eigenvalue weighted by Crippen LogP contribution is 2.25. The van der Waals surface area contributed by atoms with Crippen molar-refractivity contribution in [1.29, 1.82) is 0 Å². The number of ketones is 1. The minimum Gasteiger partial charge on any atom is -0.495 e. The highest BCUT2D eigenvalue weighted by molar-refractivity contribution is 6.32. The first-order chi connectivity index (χ1) is 9.61. The number of hydrogen-bond donors (Lipinski definition) is 1. The van der Waals surface area contributed by atoms with Gasteiger partial charge in [-0.1, -0.05) is 11.6 Å². The van der Waals surface area contributed by atoms with E-state index in [4.69, 9.17) is 16.3 Å². The van der Waals surface area contributed by atoms with Crippen molar-refractivity contribution in [3.63, 3.8) is 0 Å². The molecule has 5 heteroatoms. The van der Waals surface area contributed by atoms with Gasteiger partial charge in [-0.05, 0) is 51.2 Å². The lowest BCUT2D eigenvalue weighted by atomic mass is 10.0. The van der Waals surface area contributed by atoms with Crippen LogP contribution in [0.1, 0.15) is 23.2 Å². The molecule has 0 atom stereocenters. The van der Waals surface area contributed by atoms with Gasteiger partial charge in [0.2, 0.25) is 0 Å². The molecule has 0 unspecified atom stereocenters. The molecule has 1 N–H and O–H groups in total. The van der Waals surface area contributed by atoms with E-state index in [9.17, 15) is 4.79 Å². The average molecular weight is 297 g/mol. The summed E-state index contributed by atoms with van der Waals surface area (Å²) in [5, 5.41) is 3.81. The average Bonchev–Trinajstić information content (AvgIpc) is 2.48. The topological polar surface area (TPSA) is 41.6 Å². The molecular weight excluding hydrogens is 276 g/mol. The van der Waals surface area contributed by atoms with Gasteiger partial charge in [-0.25, -0.2) is 0 Å². The van der Waals surface area contributed by atoms with Gasteiger partial charge in [-0.15, -0.1) is 0 Å². The highest BCUT2D eigenvalue weighted by Gasteiger charge is 2.20. The number of rotatable bonds is 5. The van der Waals surface area contributed by atoms with E-state index in [1.807, 2.05) is 7.05 Å². The molecule has 0 bridgehead atoms. The third-order valence-electron chi connectivity index (χ3n) is 3.80. The number of Topliss-reactive ketones (excluding diaryl/α,β-unsaturated/α-hetero) is 1. The maximum atomic E-state index is 12.3. The first kappa shape index (κ1) is 15.3. The van der Waals surface area contributed by atoms with E-state index in [1.54, 1.807) is 25.3 Å². The summed E-state index contributed by atoms with van der Waals surface area (Å²) >= 11 is 6.06. The zero-order valence-corrected chi connectivity index (χ0v) is 12.7. The Balaban J connectivity index is 1.98. The van der Waals surface area contributed by atoms with Crippen LogP contribution in [0.25, 0.3) is 0 Å². The van der Waals surface area contributed by atoms with E-state index >= 15 is 0 Å². The van der Waals surface area contributed by atoms with E-state index in [1.165, 1.54) is 0 Å². The number of halogens is 1. The standard InChI is InChI=1S/C15H21ClN2O2/c1-18(12-5-7-17-8-6-12)10-14(19)11-3-4-15(20-2)13(16)9-11/h3-4,9,12,17H,5-8,10H2,1-2H3. The maximum Gasteiger partial charge on any atom is 0.176 e. The number of methoxy groups -OCH3 is 1. The van der Waals surface area contributed by atoms with Gasteiger partial charge < -0.3 is 10.1 Å². The second kappa shape index (κ2) is 7.07. The van der Waals surface area contributed by atoms with Crippen molar-refractivity contribution in [3.05, 3.63) is 28.8 Å². The molecule has 0 amide bonds. The van der Waals surface area contributed by atoms with Gasteiger partial charge in [0.1, 0.15) is 5.75 Å². The number of carbonyl (C=O) groups is 1. The molecule has 0 aliphatic carbocycles. The smallest absolute Gasteiger partial charge is 0.176 e. The predicted molar refractivity (Wildman–Crippen MR) is 80.9 cm³/mol. The minimum atomic E-state index is 0.0931. The Morgan fingerprint density at radius 1 is 1.45 bits per heavy atom. The van der Waals surface area contributed by atoms with E-state index in [0.29, 0.717) is 28.9 Å². The van der Waals surface area contributed by atoms with Crippen LogP contribution < -0.4 is 10.1 Å². The summed E-state index contributed by atoms with van der Waals surface area (Å²) in [4.78, 5) is 14.4. The Morgan fingerprint density at radius 3 is 2.75 bits per heavy atom. The lowest BCUT2D eigenvalue weighted by molar-refractivity contribution is 0.0903. The molecule has 1 aromatic rings. The number of nitrogens with zero attached hydrogens (tertiary/aromatic N) is 1. The van der Waals surface area contributed by atoms with Gasteiger partial charge >= 0.3 is 0 Å². The van der Waals surface area contributed by atoms with Crippen LogP contribution in [-0.2, 0) is 0 Å². The molecule has 1 heterocycles. The van der Waals surface area contributed by atoms with E-state index < -0.39 is 0 Å². The molecule has 1 aromatic carbocycles. The predicted octanol–water partition coefficient (Wildman–Crippen LogP) is 2.22. The molecule has 0 saturated carbocycles. The van der Waals surface area contributed by atoms with Crippen LogP contribution in [-0.4, -0.2) is 50.5 Å². The normalized spacial score (nSPS) is 16.4. The van der Waals surface area contributed by atoms with E-state index in [0.717, 1.165) is 25.9 Å². The summed E-state index contributed by atoms with van der Waals surface area (Å²) in [6.45, 7) is 2.47. The Kier molecular flexibility index (Phi) is 5.40. The van der Waals surface area contributed by atoms with Gasteiger partial charge in [0.05, 0.1) is 18.7 Å². The molecule has 1 aliphatic rings. The highest BCUT2D eigenvalue weighted by atomic mass is 35.5.